The van der Waals surface area contributed by atoms with Gasteiger partial charge in [0, 0.05) is 13.1 Å². The molecular formula is C7H11N3O3. The molecule has 0 aliphatic carbocycles. The predicted molar refractivity (Wildman–Crippen MR) is 43.0 cm³/mol. The normalized spacial score (nSPS) is 10.2. The summed E-state index contributed by atoms with van der Waals surface area (Å²) in [6.45, 7) is 2.69. The number of rotatable bonds is 5. The Morgan fingerprint density at radius 1 is 1.62 bits per heavy atom. The summed E-state index contributed by atoms with van der Waals surface area (Å²) in [6.07, 6.45) is 0.102. The summed E-state index contributed by atoms with van der Waals surface area (Å²) in [7, 11) is 0. The van der Waals surface area contributed by atoms with E-state index in [1.54, 1.807) is 6.92 Å². The van der Waals surface area contributed by atoms with Crippen LogP contribution in [0.4, 0.5) is 0 Å². The van der Waals surface area contributed by atoms with Crippen LogP contribution in [0.25, 0.3) is 0 Å². The van der Waals surface area contributed by atoms with E-state index in [1.807, 2.05) is 0 Å². The fourth-order valence-corrected chi connectivity index (χ4v) is 0.812. The van der Waals surface area contributed by atoms with Gasteiger partial charge in [0.2, 0.25) is 0 Å². The Hall–Kier alpha value is -1.43. The molecule has 0 amide bonds. The van der Waals surface area contributed by atoms with Gasteiger partial charge in [-0.15, -0.1) is 0 Å². The zero-order valence-electron chi connectivity index (χ0n) is 7.28. The average molecular weight is 185 g/mol. The summed E-state index contributed by atoms with van der Waals surface area (Å²) in [5.74, 6) is -0.817. The highest BCUT2D eigenvalue weighted by molar-refractivity contribution is 5.66. The van der Waals surface area contributed by atoms with E-state index in [1.165, 1.54) is 0 Å². The smallest absolute Gasteiger partial charge is 0.304 e. The van der Waals surface area contributed by atoms with Crippen molar-refractivity contribution in [2.75, 3.05) is 6.54 Å². The molecule has 0 aliphatic heterocycles. The minimum atomic E-state index is -0.817. The van der Waals surface area contributed by atoms with Gasteiger partial charge in [0.25, 0.3) is 0 Å². The minimum Gasteiger partial charge on any atom is -0.481 e. The van der Waals surface area contributed by atoms with Crippen LogP contribution in [0.2, 0.25) is 0 Å². The largest absolute Gasteiger partial charge is 0.481 e. The number of carboxylic acid groups (broad SMARTS) is 1. The third kappa shape index (κ3) is 3.20. The lowest BCUT2D eigenvalue weighted by Gasteiger charge is -1.98. The first-order valence-corrected chi connectivity index (χ1v) is 3.90. The number of carbonyl (C=O) groups is 1. The molecule has 13 heavy (non-hydrogen) atoms. The Labute approximate surface area is 74.9 Å². The first kappa shape index (κ1) is 9.66. The van der Waals surface area contributed by atoms with Crippen LogP contribution in [0.15, 0.2) is 4.63 Å². The number of hydrogen-bond donors (Lipinski definition) is 2. The van der Waals surface area contributed by atoms with Gasteiger partial charge in [0.15, 0.2) is 0 Å². The first-order chi connectivity index (χ1) is 6.20. The lowest BCUT2D eigenvalue weighted by molar-refractivity contribution is -0.136. The van der Waals surface area contributed by atoms with E-state index in [0.717, 1.165) is 5.69 Å². The summed E-state index contributed by atoms with van der Waals surface area (Å²) in [5, 5.41) is 18.5. The molecule has 0 bridgehead atoms. The number of nitrogens with zero attached hydrogens (tertiary/aromatic N) is 2. The van der Waals surface area contributed by atoms with E-state index < -0.39 is 5.97 Å². The maximum atomic E-state index is 10.1. The third-order valence-corrected chi connectivity index (χ3v) is 1.55. The van der Waals surface area contributed by atoms with Crippen molar-refractivity contribution in [1.82, 2.24) is 15.6 Å². The molecule has 1 rings (SSSR count). The number of nitrogens with one attached hydrogen (secondary N) is 1. The highest BCUT2D eigenvalue weighted by Crippen LogP contribution is 1.98. The molecule has 0 fully saturated rings. The third-order valence-electron chi connectivity index (χ3n) is 1.55. The van der Waals surface area contributed by atoms with E-state index in [9.17, 15) is 4.79 Å². The van der Waals surface area contributed by atoms with Gasteiger partial charge >= 0.3 is 5.97 Å². The molecule has 6 heteroatoms. The molecule has 0 aliphatic rings. The number of hydrogen-bond acceptors (Lipinski definition) is 5. The molecule has 0 radical (unpaired) electrons. The van der Waals surface area contributed by atoms with Gasteiger partial charge in [0.1, 0.15) is 11.4 Å². The molecule has 72 valence electrons. The highest BCUT2D eigenvalue weighted by atomic mass is 16.6. The van der Waals surface area contributed by atoms with Gasteiger partial charge in [-0.05, 0) is 6.92 Å². The number of aromatic nitrogens is 2. The summed E-state index contributed by atoms with van der Waals surface area (Å²) in [4.78, 5) is 10.1. The van der Waals surface area contributed by atoms with Gasteiger partial charge in [-0.3, -0.25) is 4.79 Å². The fraction of sp³-hybridized carbons (Fsp3) is 0.571. The number of aliphatic carboxylic acids is 1. The Morgan fingerprint density at radius 2 is 2.38 bits per heavy atom. The van der Waals surface area contributed by atoms with Crippen molar-refractivity contribution in [3.63, 3.8) is 0 Å². The topological polar surface area (TPSA) is 88.3 Å². The van der Waals surface area contributed by atoms with Gasteiger partial charge in [-0.2, -0.15) is 0 Å². The Morgan fingerprint density at radius 3 is 2.92 bits per heavy atom. The quantitative estimate of drug-likeness (QED) is 0.625. The van der Waals surface area contributed by atoms with Gasteiger partial charge in [-0.25, -0.2) is 4.63 Å². The molecule has 2 N–H and O–H groups in total. The number of carboxylic acids is 1. The standard InChI is InChI=1S/C7H11N3O3/c1-5-6(10-13-9-5)4-8-3-2-7(11)12/h8H,2-4H2,1H3,(H,11,12). The Balaban J connectivity index is 2.20. The van der Waals surface area contributed by atoms with Crippen molar-refractivity contribution >= 4 is 5.97 Å². The van der Waals surface area contributed by atoms with Crippen molar-refractivity contribution < 1.29 is 14.5 Å². The zero-order valence-corrected chi connectivity index (χ0v) is 7.28. The molecule has 0 saturated heterocycles. The Bertz CT molecular complexity index is 284. The van der Waals surface area contributed by atoms with Crippen LogP contribution < -0.4 is 5.32 Å². The summed E-state index contributed by atoms with van der Waals surface area (Å²) < 4.78 is 4.47. The molecule has 0 spiro atoms. The van der Waals surface area contributed by atoms with E-state index in [2.05, 4.69) is 20.3 Å². The summed E-state index contributed by atoms with van der Waals surface area (Å²) in [6, 6.07) is 0. The zero-order chi connectivity index (χ0) is 9.68. The average Bonchev–Trinajstić information content (AvgIpc) is 2.45. The monoisotopic (exact) mass is 185 g/mol. The second-order valence-corrected chi connectivity index (χ2v) is 2.62. The van der Waals surface area contributed by atoms with Crippen LogP contribution in [-0.2, 0) is 11.3 Å². The molecule has 0 unspecified atom stereocenters. The van der Waals surface area contributed by atoms with E-state index in [4.69, 9.17) is 5.11 Å². The number of aryl methyl sites for hydroxylation is 1. The van der Waals surface area contributed by atoms with Gasteiger partial charge in [-0.1, -0.05) is 10.3 Å². The summed E-state index contributed by atoms with van der Waals surface area (Å²) >= 11 is 0. The van der Waals surface area contributed by atoms with E-state index in [0.29, 0.717) is 18.8 Å². The predicted octanol–water partition coefficient (Wildman–Crippen LogP) is -0.0577. The lowest BCUT2D eigenvalue weighted by Crippen LogP contribution is -2.18. The molecule has 0 atom stereocenters. The maximum absolute atomic E-state index is 10.1. The van der Waals surface area contributed by atoms with Crippen molar-refractivity contribution in [1.29, 1.82) is 0 Å². The molecule has 0 saturated carbocycles. The van der Waals surface area contributed by atoms with Crippen LogP contribution in [0.1, 0.15) is 17.8 Å². The molecular weight excluding hydrogens is 174 g/mol. The SMILES string of the molecule is Cc1nonc1CNCCC(=O)O. The Kier molecular flexibility index (Phi) is 3.39. The van der Waals surface area contributed by atoms with Gasteiger partial charge in [0.05, 0.1) is 6.42 Å². The summed E-state index contributed by atoms with van der Waals surface area (Å²) in [5.41, 5.74) is 1.44. The van der Waals surface area contributed by atoms with Crippen LogP contribution in [0.3, 0.4) is 0 Å². The second kappa shape index (κ2) is 4.56. The maximum Gasteiger partial charge on any atom is 0.304 e. The minimum absolute atomic E-state index is 0.102. The van der Waals surface area contributed by atoms with Crippen LogP contribution in [0, 0.1) is 6.92 Å². The molecule has 1 aromatic heterocycles. The fourth-order valence-electron chi connectivity index (χ4n) is 0.812. The van der Waals surface area contributed by atoms with E-state index in [-0.39, 0.29) is 6.42 Å². The molecule has 1 heterocycles. The van der Waals surface area contributed by atoms with Gasteiger partial charge < -0.3 is 10.4 Å². The van der Waals surface area contributed by atoms with Crippen LogP contribution in [0.5, 0.6) is 0 Å². The molecule has 1 aromatic rings. The van der Waals surface area contributed by atoms with Crippen molar-refractivity contribution in [2.24, 2.45) is 0 Å². The van der Waals surface area contributed by atoms with Crippen molar-refractivity contribution in [2.45, 2.75) is 19.9 Å². The van der Waals surface area contributed by atoms with Crippen molar-refractivity contribution in [3.05, 3.63) is 11.4 Å². The van der Waals surface area contributed by atoms with Crippen LogP contribution in [-0.4, -0.2) is 27.9 Å². The molecule has 6 nitrogen and oxygen atoms in total. The first-order valence-electron chi connectivity index (χ1n) is 3.90. The van der Waals surface area contributed by atoms with Crippen LogP contribution >= 0.6 is 0 Å². The van der Waals surface area contributed by atoms with Crippen molar-refractivity contribution in [3.8, 4) is 0 Å². The van der Waals surface area contributed by atoms with E-state index >= 15 is 0 Å². The molecule has 0 aromatic carbocycles. The highest BCUT2D eigenvalue weighted by Gasteiger charge is 2.03. The second-order valence-electron chi connectivity index (χ2n) is 2.62. The lowest BCUT2D eigenvalue weighted by atomic mass is 10.3.